The molecule has 0 aromatic heterocycles. The number of hydrogen-bond acceptors (Lipinski definition) is 7. The van der Waals surface area contributed by atoms with E-state index in [0.717, 1.165) is 7.11 Å². The van der Waals surface area contributed by atoms with E-state index in [1.54, 1.807) is 0 Å². The quantitative estimate of drug-likeness (QED) is 0.137. The number of hydrogen-bond donors (Lipinski definition) is 1. The summed E-state index contributed by atoms with van der Waals surface area (Å²) in [4.78, 5) is 24.3. The van der Waals surface area contributed by atoms with Crippen molar-refractivity contribution in [2.24, 2.45) is 0 Å². The van der Waals surface area contributed by atoms with Gasteiger partial charge in [0.25, 0.3) is 0 Å². The molecule has 1 N–H and O–H groups in total. The van der Waals surface area contributed by atoms with Crippen LogP contribution < -0.4 is 5.32 Å². The highest BCUT2D eigenvalue weighted by molar-refractivity contribution is 6.42. The second-order valence-electron chi connectivity index (χ2n) is 9.54. The lowest BCUT2D eigenvalue weighted by molar-refractivity contribution is -0.440. The normalized spacial score (nSPS) is 16.9. The molecule has 0 bridgehead atoms. The van der Waals surface area contributed by atoms with Crippen molar-refractivity contribution in [3.8, 4) is 0 Å². The van der Waals surface area contributed by atoms with Crippen LogP contribution in [0.15, 0.2) is 41.1 Å². The Morgan fingerprint density at radius 2 is 1.26 bits per heavy atom. The van der Waals surface area contributed by atoms with Crippen LogP contribution in [0.4, 0.5) is 66.7 Å². The standard InChI is InChI=1S/C25H20Cl2F13NO6/c1-10-16(46-18(42)44-3)14(12-6-4-7-13(26)15(12)27)17(11(2)41-10)47-19(43)45-9-5-8-20(28,29)21(30,31)22(32,33)23(34,35)24(36,37)25(38,39)40/h4,6-7,14,41H,5,8-9H2,1-3H3. The molecule has 0 aliphatic carbocycles. The van der Waals surface area contributed by atoms with Crippen LogP contribution >= 0.6 is 23.2 Å². The maximum absolute atomic E-state index is 14.0. The van der Waals surface area contributed by atoms with Crippen molar-refractivity contribution in [3.63, 3.8) is 0 Å². The first-order valence-corrected chi connectivity index (χ1v) is 13.1. The van der Waals surface area contributed by atoms with Crippen LogP contribution in [0.25, 0.3) is 0 Å². The third-order valence-corrected chi connectivity index (χ3v) is 7.17. The van der Waals surface area contributed by atoms with Gasteiger partial charge < -0.3 is 24.3 Å². The van der Waals surface area contributed by atoms with E-state index in [4.69, 9.17) is 32.7 Å². The molecule has 0 saturated carbocycles. The fourth-order valence-electron chi connectivity index (χ4n) is 3.91. The van der Waals surface area contributed by atoms with Crippen LogP contribution in [0.1, 0.15) is 38.2 Å². The second kappa shape index (κ2) is 13.7. The van der Waals surface area contributed by atoms with E-state index in [0.29, 0.717) is 0 Å². The van der Waals surface area contributed by atoms with Gasteiger partial charge in [0.15, 0.2) is 0 Å². The molecule has 1 atom stereocenters. The largest absolute Gasteiger partial charge is 0.513 e. The zero-order chi connectivity index (χ0) is 36.6. The molecule has 0 fully saturated rings. The average molecular weight is 748 g/mol. The maximum atomic E-state index is 14.0. The summed E-state index contributed by atoms with van der Waals surface area (Å²) in [5.74, 6) is -39.7. The van der Waals surface area contributed by atoms with E-state index in [1.807, 2.05) is 0 Å². The number of allylic oxidation sites excluding steroid dienone is 2. The Morgan fingerprint density at radius 1 is 0.766 bits per heavy atom. The number of rotatable bonds is 11. The SMILES string of the molecule is COC(=O)OC1=C(C)NC(C)=C(OC(=O)OCCCC(F)(F)C(F)(F)C(F)(F)C(F)(F)C(F)(F)C(F)(F)F)C1c1cccc(Cl)c1Cl. The Bertz CT molecular complexity index is 1430. The maximum Gasteiger partial charge on any atom is 0.513 e. The van der Waals surface area contributed by atoms with E-state index in [9.17, 15) is 66.7 Å². The summed E-state index contributed by atoms with van der Waals surface area (Å²) in [7, 11) is 0.954. The minimum atomic E-state index is -8.03. The van der Waals surface area contributed by atoms with Gasteiger partial charge in [0, 0.05) is 6.42 Å². The third kappa shape index (κ3) is 7.41. The van der Waals surface area contributed by atoms with Gasteiger partial charge in [-0.05, 0) is 31.9 Å². The third-order valence-electron chi connectivity index (χ3n) is 6.34. The van der Waals surface area contributed by atoms with E-state index < -0.39 is 79.2 Å². The first kappa shape index (κ1) is 39.9. The van der Waals surface area contributed by atoms with Gasteiger partial charge in [-0.3, -0.25) is 0 Å². The Labute approximate surface area is 265 Å². The fourth-order valence-corrected chi connectivity index (χ4v) is 4.33. The summed E-state index contributed by atoms with van der Waals surface area (Å²) >= 11 is 12.3. The smallest absolute Gasteiger partial charge is 0.437 e. The lowest BCUT2D eigenvalue weighted by Crippen LogP contribution is -2.70. The molecule has 1 aliphatic heterocycles. The van der Waals surface area contributed by atoms with Gasteiger partial charge in [0.1, 0.15) is 17.4 Å². The summed E-state index contributed by atoms with van der Waals surface area (Å²) in [5.41, 5.74) is 0.215. The van der Waals surface area contributed by atoms with E-state index in [-0.39, 0.29) is 32.8 Å². The average Bonchev–Trinajstić information content (AvgIpc) is 2.94. The van der Waals surface area contributed by atoms with Gasteiger partial charge in [-0.15, -0.1) is 0 Å². The highest BCUT2D eigenvalue weighted by Crippen LogP contribution is 2.60. The fraction of sp³-hybridized carbons (Fsp3) is 0.520. The number of alkyl halides is 13. The highest BCUT2D eigenvalue weighted by atomic mass is 35.5. The summed E-state index contributed by atoms with van der Waals surface area (Å²) in [6.07, 6.45) is -14.7. The van der Waals surface area contributed by atoms with Crippen molar-refractivity contribution in [1.29, 1.82) is 0 Å². The summed E-state index contributed by atoms with van der Waals surface area (Å²) in [6, 6.07) is 4.10. The molecular weight excluding hydrogens is 728 g/mol. The van der Waals surface area contributed by atoms with Crippen molar-refractivity contribution >= 4 is 35.5 Å². The Kier molecular flexibility index (Phi) is 11.6. The first-order chi connectivity index (χ1) is 21.2. The van der Waals surface area contributed by atoms with Gasteiger partial charge in [-0.2, -0.15) is 57.1 Å². The molecule has 0 amide bonds. The summed E-state index contributed by atoms with van der Waals surface area (Å²) < 4.78 is 192. The predicted octanol–water partition coefficient (Wildman–Crippen LogP) is 9.60. The molecule has 0 saturated heterocycles. The van der Waals surface area contributed by atoms with Gasteiger partial charge in [-0.1, -0.05) is 35.3 Å². The number of carbonyl (C=O) groups is 2. The molecule has 47 heavy (non-hydrogen) atoms. The highest BCUT2D eigenvalue weighted by Gasteiger charge is 2.90. The minimum absolute atomic E-state index is 0.0164. The zero-order valence-corrected chi connectivity index (χ0v) is 25.1. The first-order valence-electron chi connectivity index (χ1n) is 12.4. The lowest BCUT2D eigenvalue weighted by atomic mass is 9.90. The molecule has 1 heterocycles. The van der Waals surface area contributed by atoms with Crippen molar-refractivity contribution in [2.45, 2.75) is 68.4 Å². The van der Waals surface area contributed by atoms with Gasteiger partial charge in [0.2, 0.25) is 0 Å². The van der Waals surface area contributed by atoms with Crippen LogP contribution in [0.3, 0.4) is 0 Å². The molecule has 1 aromatic carbocycles. The van der Waals surface area contributed by atoms with Gasteiger partial charge in [0.05, 0.1) is 35.2 Å². The van der Waals surface area contributed by atoms with E-state index in [1.165, 1.54) is 32.0 Å². The number of nitrogens with one attached hydrogen (secondary N) is 1. The van der Waals surface area contributed by atoms with Gasteiger partial charge >= 0.3 is 48.1 Å². The van der Waals surface area contributed by atoms with E-state index >= 15 is 0 Å². The molecular formula is C25H20Cl2F13NO6. The topological polar surface area (TPSA) is 83.1 Å². The van der Waals surface area contributed by atoms with E-state index in [2.05, 4.69) is 14.8 Å². The number of carbonyl (C=O) groups excluding carboxylic acids is 2. The monoisotopic (exact) mass is 747 g/mol. The van der Waals surface area contributed by atoms with Crippen LogP contribution in [0.5, 0.6) is 0 Å². The Balaban J connectivity index is 2.24. The summed E-state index contributed by atoms with van der Waals surface area (Å²) in [5, 5.41) is 2.51. The minimum Gasteiger partial charge on any atom is -0.437 e. The molecule has 1 aliphatic rings. The number of dihydropyridines is 1. The van der Waals surface area contributed by atoms with Crippen LogP contribution in [-0.2, 0) is 18.9 Å². The lowest BCUT2D eigenvalue weighted by Gasteiger charge is -2.39. The summed E-state index contributed by atoms with van der Waals surface area (Å²) in [6.45, 7) is 1.32. The van der Waals surface area contributed by atoms with Crippen molar-refractivity contribution in [2.75, 3.05) is 13.7 Å². The number of halogens is 15. The molecule has 2 rings (SSSR count). The van der Waals surface area contributed by atoms with Crippen LogP contribution in [0.2, 0.25) is 10.0 Å². The molecule has 0 spiro atoms. The molecule has 7 nitrogen and oxygen atoms in total. The molecule has 0 radical (unpaired) electrons. The predicted molar refractivity (Wildman–Crippen MR) is 134 cm³/mol. The molecule has 1 aromatic rings. The van der Waals surface area contributed by atoms with Crippen molar-refractivity contribution < 1.29 is 85.6 Å². The molecule has 22 heteroatoms. The number of ether oxygens (including phenoxy) is 4. The Hall–Kier alpha value is -3.29. The molecule has 266 valence electrons. The second-order valence-corrected chi connectivity index (χ2v) is 10.3. The van der Waals surface area contributed by atoms with Crippen LogP contribution in [-0.4, -0.2) is 61.8 Å². The Morgan fingerprint density at radius 3 is 1.74 bits per heavy atom. The molecule has 1 unspecified atom stereocenters. The zero-order valence-electron chi connectivity index (χ0n) is 23.5. The number of methoxy groups -OCH3 is 1. The number of benzene rings is 1. The van der Waals surface area contributed by atoms with Crippen molar-refractivity contribution in [3.05, 3.63) is 56.7 Å². The van der Waals surface area contributed by atoms with Gasteiger partial charge in [-0.25, -0.2) is 9.59 Å². The van der Waals surface area contributed by atoms with Crippen molar-refractivity contribution in [1.82, 2.24) is 5.32 Å². The van der Waals surface area contributed by atoms with Crippen LogP contribution in [0, 0.1) is 0 Å².